The minimum absolute atomic E-state index is 0.0346. The van der Waals surface area contributed by atoms with Crippen LogP contribution in [-0.2, 0) is 8.85 Å². The lowest BCUT2D eigenvalue weighted by atomic mass is 10.3. The molecule has 6 heteroatoms. The van der Waals surface area contributed by atoms with Gasteiger partial charge in [-0.2, -0.15) is 0 Å². The molecule has 0 atom stereocenters. The third-order valence-corrected chi connectivity index (χ3v) is 3.71. The molecule has 0 unspecified atom stereocenters. The minimum Gasteiger partial charge on any atom is -0.390 e. The fourth-order valence-electron chi connectivity index (χ4n) is 1.14. The molecule has 0 N–H and O–H groups in total. The van der Waals surface area contributed by atoms with Crippen LogP contribution >= 0.6 is 0 Å². The van der Waals surface area contributed by atoms with E-state index in [1.165, 1.54) is 0 Å². The summed E-state index contributed by atoms with van der Waals surface area (Å²) < 4.78 is 49.4. The average molecular weight is 249 g/mol. The first-order chi connectivity index (χ1) is 7.60. The Morgan fingerprint density at radius 1 is 0.938 bits per heavy atom. The third-order valence-electron chi connectivity index (χ3n) is 1.78. The zero-order valence-corrected chi connectivity index (χ0v) is 10.0. The molecular formula is C10H12F3O2Si. The van der Waals surface area contributed by atoms with Crippen LogP contribution in [0.1, 0.15) is 13.8 Å². The van der Waals surface area contributed by atoms with Gasteiger partial charge in [-0.15, -0.1) is 0 Å². The van der Waals surface area contributed by atoms with Crippen molar-refractivity contribution in [3.8, 4) is 0 Å². The van der Waals surface area contributed by atoms with Crippen molar-refractivity contribution in [1.29, 1.82) is 0 Å². The Bertz CT molecular complexity index is 354. The van der Waals surface area contributed by atoms with Crippen molar-refractivity contribution in [2.45, 2.75) is 13.8 Å². The van der Waals surface area contributed by atoms with Crippen LogP contribution in [0.15, 0.2) is 12.1 Å². The quantitative estimate of drug-likeness (QED) is 0.586. The third kappa shape index (κ3) is 3.07. The van der Waals surface area contributed by atoms with E-state index >= 15 is 0 Å². The van der Waals surface area contributed by atoms with Crippen molar-refractivity contribution >= 4 is 14.5 Å². The first kappa shape index (κ1) is 13.2. The molecule has 89 valence electrons. The fourth-order valence-corrected chi connectivity index (χ4v) is 2.57. The first-order valence-corrected chi connectivity index (χ1v) is 6.19. The van der Waals surface area contributed by atoms with Gasteiger partial charge in [-0.25, -0.2) is 13.2 Å². The van der Waals surface area contributed by atoms with Crippen molar-refractivity contribution in [2.75, 3.05) is 13.2 Å². The summed E-state index contributed by atoms with van der Waals surface area (Å²) >= 11 is 0. The molecule has 0 spiro atoms. The van der Waals surface area contributed by atoms with Gasteiger partial charge >= 0.3 is 9.28 Å². The van der Waals surface area contributed by atoms with Gasteiger partial charge in [-0.05, 0) is 19.9 Å². The van der Waals surface area contributed by atoms with E-state index in [4.69, 9.17) is 8.85 Å². The monoisotopic (exact) mass is 249 g/mol. The highest BCUT2D eigenvalue weighted by molar-refractivity contribution is 6.61. The zero-order chi connectivity index (χ0) is 12.1. The lowest BCUT2D eigenvalue weighted by Crippen LogP contribution is -2.39. The van der Waals surface area contributed by atoms with Gasteiger partial charge < -0.3 is 8.85 Å². The molecule has 1 aromatic rings. The highest BCUT2D eigenvalue weighted by Crippen LogP contribution is 2.07. The summed E-state index contributed by atoms with van der Waals surface area (Å²) in [6, 6.07) is 1.30. The van der Waals surface area contributed by atoms with Crippen LogP contribution in [0.2, 0.25) is 0 Å². The molecule has 0 saturated heterocycles. The molecule has 0 fully saturated rings. The largest absolute Gasteiger partial charge is 0.426 e. The molecule has 0 aliphatic rings. The van der Waals surface area contributed by atoms with E-state index in [9.17, 15) is 13.2 Å². The maximum Gasteiger partial charge on any atom is 0.426 e. The Hall–Kier alpha value is -0.853. The molecular weight excluding hydrogens is 237 g/mol. The molecule has 2 nitrogen and oxygen atoms in total. The molecule has 0 aliphatic carbocycles. The van der Waals surface area contributed by atoms with Crippen LogP contribution in [0.5, 0.6) is 0 Å². The number of hydrogen-bond donors (Lipinski definition) is 0. The van der Waals surface area contributed by atoms with Gasteiger partial charge in [0, 0.05) is 24.5 Å². The van der Waals surface area contributed by atoms with Crippen molar-refractivity contribution in [3.05, 3.63) is 29.6 Å². The molecule has 0 heterocycles. The molecule has 16 heavy (non-hydrogen) atoms. The smallest absolute Gasteiger partial charge is 0.390 e. The Kier molecular flexibility index (Phi) is 4.97. The summed E-state index contributed by atoms with van der Waals surface area (Å²) in [6.45, 7) is 4.10. The SMILES string of the molecule is CCO[Si](OCC)c1cc(F)c(F)cc1F. The Morgan fingerprint density at radius 3 is 1.94 bits per heavy atom. The standard InChI is InChI=1S/C10H12F3O2Si/c1-3-14-16(15-4-2)10-6-8(12)7(11)5-9(10)13/h5-6H,3-4H2,1-2H3. The van der Waals surface area contributed by atoms with E-state index < -0.39 is 26.7 Å². The van der Waals surface area contributed by atoms with E-state index in [0.717, 1.165) is 6.07 Å². The van der Waals surface area contributed by atoms with Crippen LogP contribution in [-0.4, -0.2) is 22.5 Å². The lowest BCUT2D eigenvalue weighted by molar-refractivity contribution is 0.224. The topological polar surface area (TPSA) is 18.5 Å². The second kappa shape index (κ2) is 6.02. The van der Waals surface area contributed by atoms with E-state index in [2.05, 4.69) is 0 Å². The van der Waals surface area contributed by atoms with E-state index in [-0.39, 0.29) is 5.19 Å². The second-order valence-electron chi connectivity index (χ2n) is 2.90. The highest BCUT2D eigenvalue weighted by atomic mass is 28.3. The summed E-state index contributed by atoms with van der Waals surface area (Å²) in [5, 5.41) is -0.0346. The van der Waals surface area contributed by atoms with Crippen LogP contribution in [0, 0.1) is 17.5 Å². The molecule has 0 bridgehead atoms. The van der Waals surface area contributed by atoms with Gasteiger partial charge in [0.15, 0.2) is 11.6 Å². The van der Waals surface area contributed by atoms with Gasteiger partial charge in [0.05, 0.1) is 0 Å². The summed E-state index contributed by atoms with van der Waals surface area (Å²) in [5.74, 6) is -3.15. The van der Waals surface area contributed by atoms with Crippen molar-refractivity contribution in [1.82, 2.24) is 0 Å². The fraction of sp³-hybridized carbons (Fsp3) is 0.400. The first-order valence-electron chi connectivity index (χ1n) is 4.87. The van der Waals surface area contributed by atoms with Crippen molar-refractivity contribution in [2.24, 2.45) is 0 Å². The highest BCUT2D eigenvalue weighted by Gasteiger charge is 2.24. The number of rotatable bonds is 5. The maximum atomic E-state index is 13.4. The second-order valence-corrected chi connectivity index (χ2v) is 4.59. The molecule has 1 rings (SSSR count). The predicted octanol–water partition coefficient (Wildman–Crippen LogP) is 1.87. The minimum atomic E-state index is -2.07. The Labute approximate surface area is 93.8 Å². The summed E-state index contributed by atoms with van der Waals surface area (Å²) in [5.41, 5.74) is 0. The lowest BCUT2D eigenvalue weighted by Gasteiger charge is -2.14. The van der Waals surface area contributed by atoms with Gasteiger partial charge in [0.2, 0.25) is 0 Å². The van der Waals surface area contributed by atoms with E-state index in [1.807, 2.05) is 0 Å². The molecule has 1 aromatic carbocycles. The summed E-state index contributed by atoms with van der Waals surface area (Å²) in [7, 11) is -2.07. The normalized spacial score (nSPS) is 11.1. The molecule has 0 saturated carbocycles. The van der Waals surface area contributed by atoms with E-state index in [1.54, 1.807) is 13.8 Å². The van der Waals surface area contributed by atoms with Crippen LogP contribution < -0.4 is 5.19 Å². The molecule has 1 radical (unpaired) electrons. The molecule has 0 aliphatic heterocycles. The number of halogens is 3. The van der Waals surface area contributed by atoms with Gasteiger partial charge in [0.1, 0.15) is 5.82 Å². The maximum absolute atomic E-state index is 13.4. The summed E-state index contributed by atoms with van der Waals surface area (Å²) in [4.78, 5) is 0. The van der Waals surface area contributed by atoms with Gasteiger partial charge in [-0.3, -0.25) is 0 Å². The van der Waals surface area contributed by atoms with Crippen molar-refractivity contribution in [3.63, 3.8) is 0 Å². The van der Waals surface area contributed by atoms with Gasteiger partial charge in [-0.1, -0.05) is 0 Å². The Morgan fingerprint density at radius 2 is 1.44 bits per heavy atom. The molecule has 0 amide bonds. The Balaban J connectivity index is 3.03. The zero-order valence-electron chi connectivity index (χ0n) is 9.02. The van der Waals surface area contributed by atoms with Crippen LogP contribution in [0.4, 0.5) is 13.2 Å². The average Bonchev–Trinajstić information content (AvgIpc) is 2.23. The van der Waals surface area contributed by atoms with Gasteiger partial charge in [0.25, 0.3) is 0 Å². The number of hydrogen-bond acceptors (Lipinski definition) is 2. The van der Waals surface area contributed by atoms with Crippen LogP contribution in [0.25, 0.3) is 0 Å². The molecule has 0 aromatic heterocycles. The van der Waals surface area contributed by atoms with Crippen LogP contribution in [0.3, 0.4) is 0 Å². The predicted molar refractivity (Wildman–Crippen MR) is 55.0 cm³/mol. The van der Waals surface area contributed by atoms with E-state index in [0.29, 0.717) is 19.3 Å². The number of benzene rings is 1. The van der Waals surface area contributed by atoms with Crippen molar-refractivity contribution < 1.29 is 22.0 Å². The summed E-state index contributed by atoms with van der Waals surface area (Å²) in [6.07, 6.45) is 0.